The number of rotatable bonds is 6. The van der Waals surface area contributed by atoms with Crippen molar-refractivity contribution in [3.8, 4) is 28.4 Å². The van der Waals surface area contributed by atoms with E-state index in [1.54, 1.807) is 0 Å². The minimum absolute atomic E-state index is 0.0154. The van der Waals surface area contributed by atoms with Crippen molar-refractivity contribution in [3.63, 3.8) is 0 Å². The molecule has 7 aromatic rings. The zero-order valence-corrected chi connectivity index (χ0v) is 27.8. The fraction of sp³-hybridized carbons (Fsp3) is 0.140. The quantitative estimate of drug-likeness (QED) is 0.184. The summed E-state index contributed by atoms with van der Waals surface area (Å²) in [6.07, 6.45) is 6.21. The van der Waals surface area contributed by atoms with E-state index in [1.807, 2.05) is 12.3 Å². The van der Waals surface area contributed by atoms with Crippen LogP contribution in [-0.2, 0) is 5.41 Å². The molecule has 8 rings (SSSR count). The average molecular weight is 627 g/mol. The minimum Gasteiger partial charge on any atom is -0.457 e. The van der Waals surface area contributed by atoms with Crippen molar-refractivity contribution >= 4 is 33.2 Å². The maximum atomic E-state index is 6.56. The lowest BCUT2D eigenvalue weighted by molar-refractivity contribution is 0.483. The monoisotopic (exact) mass is 626 g/mol. The Bertz CT molecular complexity index is 2310. The lowest BCUT2D eigenvalue weighted by Crippen LogP contribution is -2.25. The van der Waals surface area contributed by atoms with Crippen molar-refractivity contribution in [2.24, 2.45) is 0 Å². The predicted octanol–water partition coefficient (Wildman–Crippen LogP) is 11.0. The largest absolute Gasteiger partial charge is 0.457 e. The van der Waals surface area contributed by atoms with Crippen LogP contribution in [0, 0.1) is 6.92 Å². The summed E-state index contributed by atoms with van der Waals surface area (Å²) in [5, 5.41) is 2.36. The molecule has 236 valence electrons. The molecule has 5 heteroatoms. The molecule has 0 amide bonds. The predicted molar refractivity (Wildman–Crippen MR) is 199 cm³/mol. The van der Waals surface area contributed by atoms with Crippen LogP contribution in [0.25, 0.3) is 38.8 Å². The summed E-state index contributed by atoms with van der Waals surface area (Å²) >= 11 is 0. The van der Waals surface area contributed by atoms with Crippen LogP contribution in [0.3, 0.4) is 0 Å². The van der Waals surface area contributed by atoms with E-state index in [2.05, 4.69) is 176 Å². The third-order valence-electron chi connectivity index (χ3n) is 9.15. The van der Waals surface area contributed by atoms with Crippen molar-refractivity contribution in [2.75, 3.05) is 16.5 Å². The van der Waals surface area contributed by atoms with E-state index in [9.17, 15) is 0 Å². The molecule has 0 unspecified atom stereocenters. The zero-order valence-electron chi connectivity index (χ0n) is 27.8. The first-order valence-electron chi connectivity index (χ1n) is 16.5. The number of aryl methyl sites for hydroxylation is 1. The molecule has 5 nitrogen and oxygen atoms in total. The molecule has 5 aromatic carbocycles. The van der Waals surface area contributed by atoms with Gasteiger partial charge < -0.3 is 14.5 Å². The Balaban J connectivity index is 1.09. The molecule has 0 aliphatic carbocycles. The summed E-state index contributed by atoms with van der Waals surface area (Å²) in [5.74, 6) is 2.47. The standard InChI is InChI=1S/C43H38N4O/c1-30-17-19-36(31-11-6-5-7-12-31)40(25-30)46-24-23-45(29-46)33-13-10-14-34(27-33)48-35-18-20-38-37-15-8-9-16-39(37)47(41(38)28-35)42-26-32(21-22-44-42)43(2,3)4/h5-28H,29H2,1-4H3. The Labute approximate surface area is 282 Å². The number of anilines is 2. The average Bonchev–Trinajstić information content (AvgIpc) is 3.72. The third-order valence-corrected chi connectivity index (χ3v) is 9.15. The van der Waals surface area contributed by atoms with E-state index in [-0.39, 0.29) is 5.41 Å². The van der Waals surface area contributed by atoms with Gasteiger partial charge in [-0.2, -0.15) is 0 Å². The first kappa shape index (κ1) is 29.6. The van der Waals surface area contributed by atoms with Gasteiger partial charge in [0.15, 0.2) is 0 Å². The molecule has 48 heavy (non-hydrogen) atoms. The van der Waals surface area contributed by atoms with Gasteiger partial charge in [-0.25, -0.2) is 4.98 Å². The number of ether oxygens (including phenoxy) is 1. The fourth-order valence-corrected chi connectivity index (χ4v) is 6.61. The van der Waals surface area contributed by atoms with E-state index in [1.165, 1.54) is 38.7 Å². The van der Waals surface area contributed by atoms with Crippen LogP contribution in [-0.4, -0.2) is 16.2 Å². The highest BCUT2D eigenvalue weighted by Gasteiger charge is 2.21. The molecule has 0 spiro atoms. The summed E-state index contributed by atoms with van der Waals surface area (Å²) in [6.45, 7) is 9.56. The number of hydrogen-bond acceptors (Lipinski definition) is 4. The van der Waals surface area contributed by atoms with E-state index in [0.29, 0.717) is 6.67 Å². The Morgan fingerprint density at radius 3 is 2.27 bits per heavy atom. The van der Waals surface area contributed by atoms with Gasteiger partial charge in [0.05, 0.1) is 23.4 Å². The topological polar surface area (TPSA) is 33.5 Å². The van der Waals surface area contributed by atoms with Crippen LogP contribution in [0.5, 0.6) is 11.5 Å². The van der Waals surface area contributed by atoms with Crippen molar-refractivity contribution in [1.29, 1.82) is 0 Å². The summed E-state index contributed by atoms with van der Waals surface area (Å²) in [5.41, 5.74) is 9.38. The van der Waals surface area contributed by atoms with E-state index in [4.69, 9.17) is 9.72 Å². The lowest BCUT2D eigenvalue weighted by atomic mass is 9.88. The van der Waals surface area contributed by atoms with E-state index < -0.39 is 0 Å². The van der Waals surface area contributed by atoms with Crippen molar-refractivity contribution in [1.82, 2.24) is 9.55 Å². The number of para-hydroxylation sites is 1. The molecular weight excluding hydrogens is 589 g/mol. The highest BCUT2D eigenvalue weighted by atomic mass is 16.5. The van der Waals surface area contributed by atoms with E-state index in [0.717, 1.165) is 34.0 Å². The first-order valence-corrected chi connectivity index (χ1v) is 16.5. The van der Waals surface area contributed by atoms with Crippen molar-refractivity contribution < 1.29 is 4.74 Å². The van der Waals surface area contributed by atoms with E-state index >= 15 is 0 Å². The summed E-state index contributed by atoms with van der Waals surface area (Å²) in [6, 6.07) is 44.7. The first-order chi connectivity index (χ1) is 23.3. The molecular formula is C43H38N4O. The normalized spacial score (nSPS) is 13.2. The van der Waals surface area contributed by atoms with Gasteiger partial charge in [0.25, 0.3) is 0 Å². The second-order valence-corrected chi connectivity index (χ2v) is 13.5. The molecule has 0 saturated heterocycles. The Morgan fingerprint density at radius 2 is 1.42 bits per heavy atom. The maximum Gasteiger partial charge on any atom is 0.137 e. The molecule has 1 aliphatic heterocycles. The number of nitrogens with zero attached hydrogens (tertiary/aromatic N) is 4. The second-order valence-electron chi connectivity index (χ2n) is 13.5. The number of fused-ring (bicyclic) bond motifs is 3. The molecule has 0 N–H and O–H groups in total. The van der Waals surface area contributed by atoms with Gasteiger partial charge in [-0.1, -0.05) is 87.5 Å². The van der Waals surface area contributed by atoms with Crippen molar-refractivity contribution in [3.05, 3.63) is 157 Å². The molecule has 0 radical (unpaired) electrons. The molecule has 2 aromatic heterocycles. The van der Waals surface area contributed by atoms with Gasteiger partial charge in [-0.3, -0.25) is 4.57 Å². The van der Waals surface area contributed by atoms with Gasteiger partial charge >= 0.3 is 0 Å². The lowest BCUT2D eigenvalue weighted by Gasteiger charge is -2.24. The molecule has 3 heterocycles. The third kappa shape index (κ3) is 5.47. The van der Waals surface area contributed by atoms with Crippen LogP contribution in [0.15, 0.2) is 146 Å². The molecule has 1 aliphatic rings. The highest BCUT2D eigenvalue weighted by molar-refractivity contribution is 6.09. The smallest absolute Gasteiger partial charge is 0.137 e. The summed E-state index contributed by atoms with van der Waals surface area (Å²) in [7, 11) is 0. The fourth-order valence-electron chi connectivity index (χ4n) is 6.61. The number of aromatic nitrogens is 2. The number of pyridine rings is 1. The zero-order chi connectivity index (χ0) is 32.8. The van der Waals surface area contributed by atoms with Crippen LogP contribution in [0.4, 0.5) is 11.4 Å². The number of benzene rings is 5. The molecule has 0 bridgehead atoms. The van der Waals surface area contributed by atoms with Crippen LogP contribution in [0.2, 0.25) is 0 Å². The maximum absolute atomic E-state index is 6.56. The van der Waals surface area contributed by atoms with Crippen LogP contribution < -0.4 is 14.5 Å². The van der Waals surface area contributed by atoms with Gasteiger partial charge in [-0.15, -0.1) is 0 Å². The number of hydrogen-bond donors (Lipinski definition) is 0. The van der Waals surface area contributed by atoms with Crippen LogP contribution >= 0.6 is 0 Å². The van der Waals surface area contributed by atoms with Gasteiger partial charge in [-0.05, 0) is 77.6 Å². The van der Waals surface area contributed by atoms with Gasteiger partial charge in [0.2, 0.25) is 0 Å². The molecule has 0 atom stereocenters. The summed E-state index contributed by atoms with van der Waals surface area (Å²) < 4.78 is 8.81. The Kier molecular flexibility index (Phi) is 7.25. The van der Waals surface area contributed by atoms with Gasteiger partial charge in [0.1, 0.15) is 17.3 Å². The SMILES string of the molecule is Cc1ccc(-c2ccccc2)c(N2C=CN(c3cccc(Oc4ccc5c6ccccc6n(-c6cc(C(C)(C)C)ccn6)c5c4)c3)C2)c1. The van der Waals surface area contributed by atoms with Crippen LogP contribution in [0.1, 0.15) is 31.9 Å². The van der Waals surface area contributed by atoms with Gasteiger partial charge in [0, 0.05) is 52.8 Å². The second kappa shape index (κ2) is 11.8. The molecule has 0 fully saturated rings. The van der Waals surface area contributed by atoms with Crippen molar-refractivity contribution in [2.45, 2.75) is 33.1 Å². The molecule has 0 saturated carbocycles. The Hall–Kier alpha value is -5.81. The minimum atomic E-state index is 0.0154. The Morgan fingerprint density at radius 1 is 0.646 bits per heavy atom. The summed E-state index contributed by atoms with van der Waals surface area (Å²) in [4.78, 5) is 9.38. The highest BCUT2D eigenvalue weighted by Crippen LogP contribution is 2.38.